The lowest BCUT2D eigenvalue weighted by atomic mass is 9.98. The van der Waals surface area contributed by atoms with Crippen molar-refractivity contribution in [1.82, 2.24) is 9.58 Å². The first-order chi connectivity index (χ1) is 18.7. The van der Waals surface area contributed by atoms with Crippen molar-refractivity contribution in [2.75, 3.05) is 0 Å². The van der Waals surface area contributed by atoms with E-state index < -0.39 is 0 Å². The molecule has 0 radical (unpaired) electrons. The number of rotatable bonds is 14. The van der Waals surface area contributed by atoms with Gasteiger partial charge in [0, 0.05) is 48.8 Å². The predicted molar refractivity (Wildman–Crippen MR) is 163 cm³/mol. The average molecular weight is 523 g/mol. The van der Waals surface area contributed by atoms with Crippen molar-refractivity contribution < 1.29 is 9.59 Å². The summed E-state index contributed by atoms with van der Waals surface area (Å²) in [6, 6.07) is 6.06. The number of nitrogens with zero attached hydrogens (tertiary/aromatic N) is 3. The summed E-state index contributed by atoms with van der Waals surface area (Å²) in [4.78, 5) is 24.9. The topological polar surface area (TPSA) is 78.5 Å². The molecule has 0 atom stereocenters. The number of aromatic nitrogens is 1. The van der Waals surface area contributed by atoms with Gasteiger partial charge in [0.25, 0.3) is 0 Å². The van der Waals surface area contributed by atoms with E-state index in [1.807, 2.05) is 54.2 Å². The van der Waals surface area contributed by atoms with Gasteiger partial charge in [0.05, 0.1) is 17.1 Å². The monoisotopic (exact) mass is 522 g/mol. The summed E-state index contributed by atoms with van der Waals surface area (Å²) in [7, 11) is 1.93. The summed E-state index contributed by atoms with van der Waals surface area (Å²) >= 11 is 0. The Kier molecular flexibility index (Phi) is 10.1. The second kappa shape index (κ2) is 13.5. The van der Waals surface area contributed by atoms with Crippen LogP contribution in [0.5, 0.6) is 0 Å². The minimum atomic E-state index is -0.195. The fraction of sp³-hybridized carbons (Fsp3) is 0.273. The van der Waals surface area contributed by atoms with Gasteiger partial charge < -0.3 is 9.98 Å². The molecule has 6 heteroatoms. The number of unbranched alkanes of at least 4 members (excludes halogenated alkanes) is 1. The van der Waals surface area contributed by atoms with E-state index in [9.17, 15) is 9.59 Å². The van der Waals surface area contributed by atoms with Crippen LogP contribution in [0.3, 0.4) is 0 Å². The van der Waals surface area contributed by atoms with Gasteiger partial charge in [-0.3, -0.25) is 9.59 Å². The zero-order chi connectivity index (χ0) is 28.5. The van der Waals surface area contributed by atoms with E-state index in [-0.39, 0.29) is 30.1 Å². The van der Waals surface area contributed by atoms with E-state index >= 15 is 0 Å². The molecule has 2 heterocycles. The van der Waals surface area contributed by atoms with E-state index in [0.29, 0.717) is 17.0 Å². The Morgan fingerprint density at radius 2 is 1.92 bits per heavy atom. The molecule has 1 aliphatic heterocycles. The number of carbonyl (C=O) groups is 2. The number of ketones is 2. The molecule has 1 N–H and O–H groups in total. The molecule has 0 fully saturated rings. The molecule has 6 nitrogen and oxygen atoms in total. The highest BCUT2D eigenvalue weighted by Gasteiger charge is 2.17. The Morgan fingerprint density at radius 3 is 2.56 bits per heavy atom. The molecule has 0 unspecified atom stereocenters. The highest BCUT2D eigenvalue weighted by Crippen LogP contribution is 2.29. The molecule has 0 aliphatic carbocycles. The SMILES string of the molecule is C=CCC/C=C(\CCC)CC(=O)C(=N)C/C(C=C)=N/N1C=CC(c2ccc3c(c2)c(C(C)=O)cn3C)=CC1=C. The number of nitrogens with one attached hydrogen (secondary N) is 1. The molecule has 0 saturated carbocycles. The highest BCUT2D eigenvalue weighted by molar-refractivity contribution is 6.42. The number of benzene rings is 1. The van der Waals surface area contributed by atoms with E-state index in [1.165, 1.54) is 0 Å². The van der Waals surface area contributed by atoms with Gasteiger partial charge in [0.15, 0.2) is 11.6 Å². The van der Waals surface area contributed by atoms with Crippen LogP contribution in [0, 0.1) is 5.41 Å². The van der Waals surface area contributed by atoms with E-state index in [1.54, 1.807) is 24.2 Å². The first kappa shape index (κ1) is 29.2. The van der Waals surface area contributed by atoms with Crippen LogP contribution < -0.4 is 0 Å². The summed E-state index contributed by atoms with van der Waals surface area (Å²) in [6.07, 6.45) is 16.9. The number of hydrazone groups is 1. The van der Waals surface area contributed by atoms with Gasteiger partial charge in [-0.1, -0.05) is 50.3 Å². The quantitative estimate of drug-likeness (QED) is 0.119. The Labute approximate surface area is 231 Å². The number of aryl methyl sites for hydroxylation is 1. The summed E-state index contributed by atoms with van der Waals surface area (Å²) in [6.45, 7) is 15.4. The van der Waals surface area contributed by atoms with Crippen molar-refractivity contribution in [2.24, 2.45) is 12.1 Å². The number of allylic oxidation sites excluding steroid dienone is 7. The molecule has 0 spiro atoms. The lowest BCUT2D eigenvalue weighted by Gasteiger charge is -2.21. The van der Waals surface area contributed by atoms with Crippen molar-refractivity contribution >= 4 is 39.5 Å². The molecule has 0 saturated heterocycles. The molecule has 1 aromatic heterocycles. The van der Waals surface area contributed by atoms with Gasteiger partial charge in [-0.05, 0) is 67.7 Å². The van der Waals surface area contributed by atoms with E-state index in [4.69, 9.17) is 5.41 Å². The van der Waals surface area contributed by atoms with Gasteiger partial charge in [-0.25, -0.2) is 5.01 Å². The fourth-order valence-corrected chi connectivity index (χ4v) is 4.54. The Bertz CT molecular complexity index is 1450. The van der Waals surface area contributed by atoms with Crippen molar-refractivity contribution in [2.45, 2.75) is 52.4 Å². The summed E-state index contributed by atoms with van der Waals surface area (Å²) in [5, 5.41) is 15.5. The van der Waals surface area contributed by atoms with Crippen molar-refractivity contribution in [1.29, 1.82) is 5.41 Å². The van der Waals surface area contributed by atoms with Gasteiger partial charge in [0.1, 0.15) is 0 Å². The van der Waals surface area contributed by atoms with E-state index in [2.05, 4.69) is 37.8 Å². The van der Waals surface area contributed by atoms with Crippen LogP contribution in [-0.4, -0.2) is 32.6 Å². The van der Waals surface area contributed by atoms with Crippen LogP contribution in [-0.2, 0) is 11.8 Å². The number of carbonyl (C=O) groups excluding carboxylic acids is 2. The standard InChI is InChI=1S/C33H38N4O2/c1-7-10-11-13-25(12-8-2)19-33(39)31(34)21-28(9-3)35-37-17-16-27(18-23(37)4)26-14-15-32-29(20-26)30(24(5)38)22-36(32)6/h7,9,13-18,20,22,34H,1,3-4,8,10-12,19,21H2,2,5-6H3/b25-13+,34-31?,35-28+. The molecule has 1 aromatic carbocycles. The van der Waals surface area contributed by atoms with E-state index in [0.717, 1.165) is 53.3 Å². The zero-order valence-corrected chi connectivity index (χ0v) is 23.3. The smallest absolute Gasteiger partial charge is 0.180 e. The molecule has 0 bridgehead atoms. The lowest BCUT2D eigenvalue weighted by Crippen LogP contribution is -2.19. The Morgan fingerprint density at radius 1 is 1.15 bits per heavy atom. The van der Waals surface area contributed by atoms with Gasteiger partial charge in [-0.15, -0.1) is 6.58 Å². The third kappa shape index (κ3) is 7.38. The van der Waals surface area contributed by atoms with Crippen LogP contribution in [0.2, 0.25) is 0 Å². The number of hydrogen-bond donors (Lipinski definition) is 1. The maximum atomic E-state index is 12.8. The van der Waals surface area contributed by atoms with Gasteiger partial charge >= 0.3 is 0 Å². The molecule has 202 valence electrons. The van der Waals surface area contributed by atoms with Gasteiger partial charge in [-0.2, -0.15) is 5.10 Å². The van der Waals surface area contributed by atoms with Crippen molar-refractivity contribution in [3.63, 3.8) is 0 Å². The maximum absolute atomic E-state index is 12.8. The third-order valence-electron chi connectivity index (χ3n) is 6.64. The number of Topliss-reactive ketones (excluding diaryl/α,β-unsaturated/α-hetero) is 2. The lowest BCUT2D eigenvalue weighted by molar-refractivity contribution is -0.112. The minimum absolute atomic E-state index is 0.0136. The normalized spacial score (nSPS) is 14.0. The molecule has 2 aromatic rings. The third-order valence-corrected chi connectivity index (χ3v) is 6.64. The Balaban J connectivity index is 1.72. The number of fused-ring (bicyclic) bond motifs is 1. The first-order valence-corrected chi connectivity index (χ1v) is 13.3. The first-order valence-electron chi connectivity index (χ1n) is 13.3. The number of hydrogen-bond acceptors (Lipinski definition) is 5. The second-order valence-electron chi connectivity index (χ2n) is 9.72. The van der Waals surface area contributed by atoms with Crippen LogP contribution in [0.25, 0.3) is 16.5 Å². The van der Waals surface area contributed by atoms with Crippen LogP contribution in [0.1, 0.15) is 68.3 Å². The molecular formula is C33H38N4O2. The second-order valence-corrected chi connectivity index (χ2v) is 9.72. The predicted octanol–water partition coefficient (Wildman–Crippen LogP) is 7.71. The van der Waals surface area contributed by atoms with Crippen LogP contribution in [0.15, 0.2) is 97.1 Å². The summed E-state index contributed by atoms with van der Waals surface area (Å²) < 4.78 is 1.96. The highest BCUT2D eigenvalue weighted by atomic mass is 16.1. The van der Waals surface area contributed by atoms with Crippen molar-refractivity contribution in [3.8, 4) is 0 Å². The summed E-state index contributed by atoms with van der Waals surface area (Å²) in [5.74, 6) is -0.165. The molecule has 3 rings (SSSR count). The van der Waals surface area contributed by atoms with Crippen LogP contribution in [0.4, 0.5) is 0 Å². The maximum Gasteiger partial charge on any atom is 0.180 e. The molecule has 1 aliphatic rings. The molecule has 39 heavy (non-hydrogen) atoms. The fourth-order valence-electron chi connectivity index (χ4n) is 4.54. The zero-order valence-electron chi connectivity index (χ0n) is 23.3. The largest absolute Gasteiger partial charge is 0.350 e. The average Bonchev–Trinajstić information content (AvgIpc) is 3.25. The summed E-state index contributed by atoms with van der Waals surface area (Å²) in [5.41, 5.74) is 5.84. The van der Waals surface area contributed by atoms with Crippen molar-refractivity contribution in [3.05, 3.63) is 103 Å². The minimum Gasteiger partial charge on any atom is -0.350 e. The Hall–Kier alpha value is -4.32. The molecule has 0 amide bonds. The van der Waals surface area contributed by atoms with Gasteiger partial charge in [0.2, 0.25) is 0 Å². The molecular weight excluding hydrogens is 484 g/mol. The van der Waals surface area contributed by atoms with Crippen LogP contribution >= 0.6 is 0 Å².